The minimum Gasteiger partial charge on any atom is -0.468 e. The molecule has 0 saturated heterocycles. The van der Waals surface area contributed by atoms with Crippen LogP contribution in [0.15, 0.2) is 46.6 Å². The highest BCUT2D eigenvalue weighted by Crippen LogP contribution is 2.18. The van der Waals surface area contributed by atoms with Crippen molar-refractivity contribution in [3.63, 3.8) is 0 Å². The van der Waals surface area contributed by atoms with E-state index in [9.17, 15) is 4.79 Å². The highest BCUT2D eigenvalue weighted by atomic mass is 32.2. The molecule has 6 nitrogen and oxygen atoms in total. The monoisotopic (exact) mass is 314 g/mol. The minimum absolute atomic E-state index is 0.200. The number of hydrogen-bond donors (Lipinski definition) is 2. The van der Waals surface area contributed by atoms with E-state index >= 15 is 0 Å². The Morgan fingerprint density at radius 1 is 1.55 bits per heavy atom. The first-order valence-electron chi connectivity index (χ1n) is 6.64. The van der Waals surface area contributed by atoms with Crippen LogP contribution in [0.25, 0.3) is 11.0 Å². The van der Waals surface area contributed by atoms with Gasteiger partial charge in [0.1, 0.15) is 5.76 Å². The van der Waals surface area contributed by atoms with Crippen molar-refractivity contribution in [3.8, 4) is 0 Å². The Balaban J connectivity index is 1.56. The molecule has 112 valence electrons. The van der Waals surface area contributed by atoms with Crippen LogP contribution in [0.3, 0.4) is 0 Å². The van der Waals surface area contributed by atoms with E-state index in [2.05, 4.69) is 20.5 Å². The number of nitrogens with zero attached hydrogens (tertiary/aromatic N) is 2. The fraction of sp³-hybridized carbons (Fsp3) is 0.133. The average molecular weight is 314 g/mol. The fourth-order valence-corrected chi connectivity index (χ4v) is 2.55. The number of nitrogens with one attached hydrogen (secondary N) is 2. The number of pyridine rings is 1. The summed E-state index contributed by atoms with van der Waals surface area (Å²) in [5, 5.41) is 12.3. The molecule has 3 rings (SSSR count). The second-order valence-electron chi connectivity index (χ2n) is 4.63. The molecule has 0 spiro atoms. The summed E-state index contributed by atoms with van der Waals surface area (Å²) < 4.78 is 5.21. The van der Waals surface area contributed by atoms with Crippen molar-refractivity contribution in [3.05, 3.63) is 53.6 Å². The second kappa shape index (κ2) is 6.48. The Kier molecular flexibility index (Phi) is 4.24. The lowest BCUT2D eigenvalue weighted by molar-refractivity contribution is -0.111. The van der Waals surface area contributed by atoms with Gasteiger partial charge in [0, 0.05) is 17.2 Å². The highest BCUT2D eigenvalue weighted by molar-refractivity contribution is 8.01. The van der Waals surface area contributed by atoms with Crippen LogP contribution in [0.5, 0.6) is 0 Å². The zero-order chi connectivity index (χ0) is 15.4. The van der Waals surface area contributed by atoms with E-state index in [-0.39, 0.29) is 5.91 Å². The van der Waals surface area contributed by atoms with Crippen LogP contribution in [0.1, 0.15) is 11.5 Å². The number of hydrogen-bond acceptors (Lipinski definition) is 5. The average Bonchev–Trinajstić information content (AvgIpc) is 3.14. The Hall–Kier alpha value is -2.54. The van der Waals surface area contributed by atoms with Crippen LogP contribution >= 0.6 is 11.8 Å². The van der Waals surface area contributed by atoms with Gasteiger partial charge in [0.25, 0.3) is 0 Å². The van der Waals surface area contributed by atoms with Crippen LogP contribution in [0.4, 0.5) is 5.69 Å². The van der Waals surface area contributed by atoms with Crippen LogP contribution in [-0.4, -0.2) is 21.1 Å². The van der Waals surface area contributed by atoms with Gasteiger partial charge in [-0.25, -0.2) is 4.98 Å². The van der Waals surface area contributed by atoms with Crippen molar-refractivity contribution in [1.29, 1.82) is 0 Å². The number of carbonyl (C=O) groups is 1. The predicted molar refractivity (Wildman–Crippen MR) is 86.4 cm³/mol. The van der Waals surface area contributed by atoms with E-state index < -0.39 is 0 Å². The zero-order valence-corrected chi connectivity index (χ0v) is 12.7. The van der Waals surface area contributed by atoms with E-state index in [0.717, 1.165) is 16.8 Å². The third kappa shape index (κ3) is 3.37. The van der Waals surface area contributed by atoms with Crippen molar-refractivity contribution in [1.82, 2.24) is 15.2 Å². The highest BCUT2D eigenvalue weighted by Gasteiger charge is 2.05. The van der Waals surface area contributed by atoms with E-state index in [1.54, 1.807) is 17.9 Å². The third-order valence-electron chi connectivity index (χ3n) is 2.99. The summed E-state index contributed by atoms with van der Waals surface area (Å²) in [6.07, 6.45) is 4.71. The SMILES string of the molecule is Cc1[nH]nc2ncc(NC(=O)C=CSCc3ccco3)cc12. The molecule has 2 N–H and O–H groups in total. The lowest BCUT2D eigenvalue weighted by atomic mass is 10.2. The van der Waals surface area contributed by atoms with Gasteiger partial charge >= 0.3 is 0 Å². The molecule has 0 saturated carbocycles. The first-order valence-corrected chi connectivity index (χ1v) is 7.69. The Morgan fingerprint density at radius 3 is 3.27 bits per heavy atom. The minimum atomic E-state index is -0.200. The van der Waals surface area contributed by atoms with Crippen LogP contribution in [0, 0.1) is 6.92 Å². The molecule has 0 unspecified atom stereocenters. The summed E-state index contributed by atoms with van der Waals surface area (Å²) in [6.45, 7) is 1.91. The number of thioether (sulfide) groups is 1. The molecule has 3 aromatic heterocycles. The summed E-state index contributed by atoms with van der Waals surface area (Å²) in [7, 11) is 0. The molecule has 0 bridgehead atoms. The summed E-state index contributed by atoms with van der Waals surface area (Å²) >= 11 is 1.49. The van der Waals surface area contributed by atoms with E-state index in [4.69, 9.17) is 4.42 Å². The Morgan fingerprint density at radius 2 is 2.45 bits per heavy atom. The topological polar surface area (TPSA) is 83.8 Å². The number of anilines is 1. The molecule has 3 aromatic rings. The van der Waals surface area contributed by atoms with Gasteiger partial charge in [0.05, 0.1) is 23.9 Å². The molecule has 0 aromatic carbocycles. The van der Waals surface area contributed by atoms with Crippen LogP contribution in [-0.2, 0) is 10.5 Å². The van der Waals surface area contributed by atoms with Gasteiger partial charge in [0.15, 0.2) is 5.65 Å². The third-order valence-corrected chi connectivity index (χ3v) is 3.77. The van der Waals surface area contributed by atoms with Gasteiger partial charge in [-0.1, -0.05) is 0 Å². The Bertz CT molecular complexity index is 808. The summed E-state index contributed by atoms with van der Waals surface area (Å²) in [6, 6.07) is 5.59. The number of aromatic amines is 1. The lowest BCUT2D eigenvalue weighted by Gasteiger charge is -2.01. The maximum atomic E-state index is 11.8. The fourth-order valence-electron chi connectivity index (χ4n) is 1.91. The molecule has 0 fully saturated rings. The van der Waals surface area contributed by atoms with Crippen LogP contribution in [0.2, 0.25) is 0 Å². The van der Waals surface area contributed by atoms with Gasteiger partial charge in [-0.05, 0) is 30.5 Å². The van der Waals surface area contributed by atoms with E-state index in [1.807, 2.05) is 25.1 Å². The molecule has 0 radical (unpaired) electrons. The molecule has 0 atom stereocenters. The zero-order valence-electron chi connectivity index (χ0n) is 11.9. The predicted octanol–water partition coefficient (Wildman–Crippen LogP) is 3.24. The van der Waals surface area contributed by atoms with Crippen molar-refractivity contribution in [2.24, 2.45) is 0 Å². The van der Waals surface area contributed by atoms with Gasteiger partial charge in [-0.3, -0.25) is 9.89 Å². The van der Waals surface area contributed by atoms with E-state index in [1.165, 1.54) is 17.8 Å². The number of fused-ring (bicyclic) bond motifs is 1. The lowest BCUT2D eigenvalue weighted by Crippen LogP contribution is -2.07. The van der Waals surface area contributed by atoms with Gasteiger partial charge in [-0.2, -0.15) is 5.10 Å². The number of carbonyl (C=O) groups excluding carboxylic acids is 1. The standard InChI is InChI=1S/C15H14N4O2S/c1-10-13-7-11(8-16-15(13)19-18-10)17-14(20)4-6-22-9-12-3-2-5-21-12/h2-8H,9H2,1H3,(H,17,20)(H,16,18,19). The Labute approximate surface area is 131 Å². The summed E-state index contributed by atoms with van der Waals surface area (Å²) in [4.78, 5) is 16.0. The largest absolute Gasteiger partial charge is 0.468 e. The number of rotatable bonds is 5. The number of aryl methyl sites for hydroxylation is 1. The summed E-state index contributed by atoms with van der Waals surface area (Å²) in [5.41, 5.74) is 2.20. The first kappa shape index (κ1) is 14.4. The molecule has 1 amide bonds. The molecule has 3 heterocycles. The molecule has 0 aliphatic rings. The second-order valence-corrected chi connectivity index (χ2v) is 5.52. The van der Waals surface area contributed by atoms with Crippen molar-refractivity contribution >= 4 is 34.4 Å². The van der Waals surface area contributed by atoms with Gasteiger partial charge in [0.2, 0.25) is 5.91 Å². The molecule has 0 aliphatic carbocycles. The molecular formula is C15H14N4O2S. The number of H-pyrrole nitrogens is 1. The van der Waals surface area contributed by atoms with E-state index in [0.29, 0.717) is 17.1 Å². The van der Waals surface area contributed by atoms with Gasteiger partial charge in [-0.15, -0.1) is 11.8 Å². The maximum Gasteiger partial charge on any atom is 0.248 e. The normalized spacial score (nSPS) is 11.3. The number of furan rings is 1. The van der Waals surface area contributed by atoms with Gasteiger partial charge < -0.3 is 9.73 Å². The number of amides is 1. The first-order chi connectivity index (χ1) is 10.7. The smallest absolute Gasteiger partial charge is 0.248 e. The van der Waals surface area contributed by atoms with Crippen molar-refractivity contribution in [2.75, 3.05) is 5.32 Å². The van der Waals surface area contributed by atoms with Crippen LogP contribution < -0.4 is 5.32 Å². The van der Waals surface area contributed by atoms with Crippen molar-refractivity contribution in [2.45, 2.75) is 12.7 Å². The maximum absolute atomic E-state index is 11.8. The van der Waals surface area contributed by atoms with Crippen molar-refractivity contribution < 1.29 is 9.21 Å². The number of aromatic nitrogens is 3. The molecule has 22 heavy (non-hydrogen) atoms. The molecular weight excluding hydrogens is 300 g/mol. The summed E-state index contributed by atoms with van der Waals surface area (Å²) in [5.74, 6) is 1.37. The quantitative estimate of drug-likeness (QED) is 0.706. The molecule has 0 aliphatic heterocycles. The molecule has 7 heteroatoms.